The van der Waals surface area contributed by atoms with Gasteiger partial charge in [0.2, 0.25) is 0 Å². The van der Waals surface area contributed by atoms with Crippen LogP contribution < -0.4 is 10.0 Å². The second kappa shape index (κ2) is 8.21. The van der Waals surface area contributed by atoms with Crippen LogP contribution in [0.1, 0.15) is 13.3 Å². The second-order valence-electron chi connectivity index (χ2n) is 5.31. The molecule has 25 heavy (non-hydrogen) atoms. The predicted molar refractivity (Wildman–Crippen MR) is 96.3 cm³/mol. The van der Waals surface area contributed by atoms with Crippen LogP contribution in [0.2, 0.25) is 0 Å². The molecule has 3 N–H and O–H groups in total. The molecule has 0 aromatic carbocycles. The Morgan fingerprint density at radius 2 is 2.08 bits per heavy atom. The fraction of sp³-hybridized carbons (Fsp3) is 0.312. The molecule has 132 valence electrons. The number of hydrogen-bond acceptors (Lipinski definition) is 6. The summed E-state index contributed by atoms with van der Waals surface area (Å²) in [5.74, 6) is 0.213. The second-order valence-corrected chi connectivity index (χ2v) is 6.30. The van der Waals surface area contributed by atoms with Gasteiger partial charge in [-0.2, -0.15) is 0 Å². The zero-order valence-electron chi connectivity index (χ0n) is 13.6. The topological polar surface area (TPSA) is 78.5 Å². The summed E-state index contributed by atoms with van der Waals surface area (Å²) >= 11 is 1.58. The van der Waals surface area contributed by atoms with Crippen molar-refractivity contribution in [1.82, 2.24) is 24.7 Å². The van der Waals surface area contributed by atoms with Crippen molar-refractivity contribution in [3.05, 3.63) is 36.3 Å². The summed E-state index contributed by atoms with van der Waals surface area (Å²) in [6.07, 6.45) is 4.94. The van der Waals surface area contributed by atoms with Gasteiger partial charge in [0.25, 0.3) is 0 Å². The number of rotatable bonds is 8. The highest BCUT2D eigenvalue weighted by Gasteiger charge is 2.13. The Balaban J connectivity index is 1.75. The molecule has 0 amide bonds. The maximum atomic E-state index is 13.9. The van der Waals surface area contributed by atoms with Crippen LogP contribution in [0.3, 0.4) is 0 Å². The standard InChI is InChI=1S/C16H18F2N6S/c1-2-3-23-25-5-4-19-16-13(18)9-22-15(24-16)12-8-21-14-11(12)6-10(17)7-20-14/h6-9,23H,2-5H2,1H3,(H,20,21)(H,19,22,24). The van der Waals surface area contributed by atoms with E-state index in [2.05, 4.69) is 36.9 Å². The first-order valence-electron chi connectivity index (χ1n) is 7.93. The van der Waals surface area contributed by atoms with Crippen LogP contribution in [-0.4, -0.2) is 38.8 Å². The van der Waals surface area contributed by atoms with Gasteiger partial charge in [-0.3, -0.25) is 4.72 Å². The molecule has 0 saturated carbocycles. The number of hydrogen-bond donors (Lipinski definition) is 3. The summed E-state index contributed by atoms with van der Waals surface area (Å²) in [4.78, 5) is 15.2. The Morgan fingerprint density at radius 3 is 2.92 bits per heavy atom. The summed E-state index contributed by atoms with van der Waals surface area (Å²) in [5, 5.41) is 3.52. The quantitative estimate of drug-likeness (QED) is 0.420. The van der Waals surface area contributed by atoms with E-state index in [1.165, 1.54) is 6.07 Å². The number of aromatic nitrogens is 4. The van der Waals surface area contributed by atoms with Gasteiger partial charge in [0, 0.05) is 36.0 Å². The highest BCUT2D eigenvalue weighted by molar-refractivity contribution is 7.97. The molecule has 9 heteroatoms. The Morgan fingerprint density at radius 1 is 1.20 bits per heavy atom. The van der Waals surface area contributed by atoms with Gasteiger partial charge < -0.3 is 10.3 Å². The van der Waals surface area contributed by atoms with Crippen LogP contribution in [0.4, 0.5) is 14.6 Å². The smallest absolute Gasteiger partial charge is 0.183 e. The number of nitrogens with one attached hydrogen (secondary N) is 3. The number of halogens is 2. The minimum Gasteiger partial charge on any atom is -0.367 e. The molecule has 0 atom stereocenters. The van der Waals surface area contributed by atoms with E-state index in [0.29, 0.717) is 29.0 Å². The minimum absolute atomic E-state index is 0.125. The third-order valence-corrected chi connectivity index (χ3v) is 4.25. The van der Waals surface area contributed by atoms with Gasteiger partial charge in [-0.25, -0.2) is 23.7 Å². The molecule has 0 radical (unpaired) electrons. The van der Waals surface area contributed by atoms with Gasteiger partial charge in [0.15, 0.2) is 17.5 Å². The van der Waals surface area contributed by atoms with E-state index >= 15 is 0 Å². The van der Waals surface area contributed by atoms with Gasteiger partial charge in [0.1, 0.15) is 11.5 Å². The zero-order valence-corrected chi connectivity index (χ0v) is 14.5. The highest BCUT2D eigenvalue weighted by atomic mass is 32.2. The first-order chi connectivity index (χ1) is 12.2. The molecule has 0 aliphatic heterocycles. The lowest BCUT2D eigenvalue weighted by molar-refractivity contribution is 0.618. The van der Waals surface area contributed by atoms with Crippen molar-refractivity contribution in [2.45, 2.75) is 13.3 Å². The first-order valence-corrected chi connectivity index (χ1v) is 8.91. The third-order valence-electron chi connectivity index (χ3n) is 3.43. The predicted octanol–water partition coefficient (Wildman–Crippen LogP) is 3.36. The lowest BCUT2D eigenvalue weighted by Crippen LogP contribution is -2.12. The molecule has 0 saturated heterocycles. The highest BCUT2D eigenvalue weighted by Crippen LogP contribution is 2.26. The SMILES string of the molecule is CCCNSCCNc1nc(-c2c[nH]c3ncc(F)cc23)ncc1F. The molecule has 3 aromatic heterocycles. The van der Waals surface area contributed by atoms with E-state index in [9.17, 15) is 8.78 Å². The molecule has 0 spiro atoms. The van der Waals surface area contributed by atoms with Gasteiger partial charge in [0.05, 0.1) is 12.4 Å². The van der Waals surface area contributed by atoms with Crippen LogP contribution in [0.25, 0.3) is 22.4 Å². The van der Waals surface area contributed by atoms with E-state index in [1.54, 1.807) is 18.1 Å². The van der Waals surface area contributed by atoms with E-state index < -0.39 is 11.6 Å². The van der Waals surface area contributed by atoms with Crippen LogP contribution >= 0.6 is 11.9 Å². The number of nitrogens with zero attached hydrogens (tertiary/aromatic N) is 3. The van der Waals surface area contributed by atoms with Gasteiger partial charge in [-0.15, -0.1) is 0 Å². The van der Waals surface area contributed by atoms with Crippen molar-refractivity contribution in [2.75, 3.05) is 24.2 Å². The van der Waals surface area contributed by atoms with Crippen molar-refractivity contribution < 1.29 is 8.78 Å². The fourth-order valence-electron chi connectivity index (χ4n) is 2.25. The lowest BCUT2D eigenvalue weighted by Gasteiger charge is -2.08. The molecular weight excluding hydrogens is 346 g/mol. The van der Waals surface area contributed by atoms with Gasteiger partial charge in [-0.05, 0) is 12.5 Å². The summed E-state index contributed by atoms with van der Waals surface area (Å²) < 4.78 is 30.6. The molecule has 3 aromatic rings. The van der Waals surface area contributed by atoms with E-state index in [-0.39, 0.29) is 5.82 Å². The molecule has 6 nitrogen and oxygen atoms in total. The van der Waals surface area contributed by atoms with E-state index in [0.717, 1.165) is 31.1 Å². The van der Waals surface area contributed by atoms with Crippen molar-refractivity contribution in [2.24, 2.45) is 0 Å². The number of anilines is 1. The largest absolute Gasteiger partial charge is 0.367 e. The maximum absolute atomic E-state index is 13.9. The lowest BCUT2D eigenvalue weighted by atomic mass is 10.2. The third kappa shape index (κ3) is 4.23. The van der Waals surface area contributed by atoms with Crippen molar-refractivity contribution in [3.8, 4) is 11.4 Å². The van der Waals surface area contributed by atoms with Crippen LogP contribution in [0.15, 0.2) is 24.7 Å². The fourth-order valence-corrected chi connectivity index (χ4v) is 2.95. The monoisotopic (exact) mass is 364 g/mol. The molecule has 0 aliphatic carbocycles. The molecule has 3 heterocycles. The summed E-state index contributed by atoms with van der Waals surface area (Å²) in [7, 11) is 0. The number of fused-ring (bicyclic) bond motifs is 1. The Hall–Kier alpha value is -2.26. The molecular formula is C16H18F2N6S. The summed E-state index contributed by atoms with van der Waals surface area (Å²) in [6, 6.07) is 1.35. The molecule has 0 bridgehead atoms. The Kier molecular flexibility index (Phi) is 5.77. The summed E-state index contributed by atoms with van der Waals surface area (Å²) in [5.41, 5.74) is 1.10. The van der Waals surface area contributed by atoms with Crippen molar-refractivity contribution >= 4 is 28.8 Å². The molecule has 0 fully saturated rings. The van der Waals surface area contributed by atoms with Crippen LogP contribution in [-0.2, 0) is 0 Å². The molecule has 3 rings (SSSR count). The number of aromatic amines is 1. The average Bonchev–Trinajstić information content (AvgIpc) is 3.02. The maximum Gasteiger partial charge on any atom is 0.183 e. The average molecular weight is 364 g/mol. The number of H-pyrrole nitrogens is 1. The van der Waals surface area contributed by atoms with Crippen LogP contribution in [0.5, 0.6) is 0 Å². The van der Waals surface area contributed by atoms with Gasteiger partial charge >= 0.3 is 0 Å². The Bertz CT molecular complexity index is 854. The normalized spacial score (nSPS) is 11.2. The van der Waals surface area contributed by atoms with Crippen LogP contribution in [0, 0.1) is 11.6 Å². The van der Waals surface area contributed by atoms with Gasteiger partial charge in [-0.1, -0.05) is 18.9 Å². The Labute approximate surface area is 148 Å². The minimum atomic E-state index is -0.528. The van der Waals surface area contributed by atoms with E-state index in [4.69, 9.17) is 0 Å². The summed E-state index contributed by atoms with van der Waals surface area (Å²) in [6.45, 7) is 3.58. The number of pyridine rings is 1. The molecule has 0 aliphatic rings. The van der Waals surface area contributed by atoms with Crippen molar-refractivity contribution in [3.63, 3.8) is 0 Å². The van der Waals surface area contributed by atoms with E-state index in [1.807, 2.05) is 0 Å². The molecule has 0 unspecified atom stereocenters. The van der Waals surface area contributed by atoms with Crippen molar-refractivity contribution in [1.29, 1.82) is 0 Å². The zero-order chi connectivity index (χ0) is 17.6. The first kappa shape index (κ1) is 17.6.